The normalized spacial score (nSPS) is 14.6. The lowest BCUT2D eigenvalue weighted by Crippen LogP contribution is -2.43. The summed E-state index contributed by atoms with van der Waals surface area (Å²) in [6, 6.07) is 12.1. The molecule has 1 N–H and O–H groups in total. The van der Waals surface area contributed by atoms with Gasteiger partial charge in [0, 0.05) is 43.3 Å². The number of anilines is 1. The summed E-state index contributed by atoms with van der Waals surface area (Å²) in [4.78, 5) is 6.90. The number of imidazole rings is 1. The van der Waals surface area contributed by atoms with Gasteiger partial charge in [-0.2, -0.15) is 11.8 Å². The number of hydrogen-bond acceptors (Lipinski definition) is 7. The fourth-order valence-corrected chi connectivity index (χ4v) is 4.24. The largest absolute Gasteiger partial charge is 0.477 e. The van der Waals surface area contributed by atoms with Gasteiger partial charge in [0.1, 0.15) is 11.3 Å². The highest BCUT2D eigenvalue weighted by Gasteiger charge is 2.18. The summed E-state index contributed by atoms with van der Waals surface area (Å²) in [5.74, 6) is 2.43. The molecule has 1 aliphatic rings. The predicted octanol–water partition coefficient (Wildman–Crippen LogP) is 3.68. The molecule has 1 fully saturated rings. The lowest BCUT2D eigenvalue weighted by atomic mass is 10.1. The Morgan fingerprint density at radius 2 is 2.10 bits per heavy atom. The van der Waals surface area contributed by atoms with E-state index in [2.05, 4.69) is 44.8 Å². The molecule has 3 aromatic heterocycles. The number of rotatable bonds is 7. The number of hydrogen-bond donors (Lipinski definition) is 1. The van der Waals surface area contributed by atoms with Crippen LogP contribution in [-0.2, 0) is 0 Å². The lowest BCUT2D eigenvalue weighted by Gasteiger charge is -2.29. The zero-order chi connectivity index (χ0) is 20.3. The van der Waals surface area contributed by atoms with E-state index in [1.54, 1.807) is 4.52 Å². The Kier molecular flexibility index (Phi) is 5.50. The fraction of sp³-hybridized carbons (Fsp3) is 0.364. The Morgan fingerprint density at radius 3 is 2.97 bits per heavy atom. The number of furan rings is 1. The van der Waals surface area contributed by atoms with Gasteiger partial charge in [0.25, 0.3) is 0 Å². The van der Waals surface area contributed by atoms with Gasteiger partial charge >= 0.3 is 0 Å². The van der Waals surface area contributed by atoms with Crippen molar-refractivity contribution in [1.29, 1.82) is 0 Å². The monoisotopic (exact) mass is 423 g/mol. The Balaban J connectivity index is 1.48. The van der Waals surface area contributed by atoms with Gasteiger partial charge in [0.05, 0.1) is 12.8 Å². The van der Waals surface area contributed by atoms with Gasteiger partial charge in [-0.1, -0.05) is 6.07 Å². The molecule has 4 aromatic rings. The first kappa shape index (κ1) is 19.3. The topological polar surface area (TPSA) is 67.8 Å². The highest BCUT2D eigenvalue weighted by Crippen LogP contribution is 2.34. The number of thioether (sulfide) groups is 1. The van der Waals surface area contributed by atoms with Crippen molar-refractivity contribution in [3.05, 3.63) is 42.6 Å². The van der Waals surface area contributed by atoms with Crippen molar-refractivity contribution in [3.8, 4) is 17.3 Å². The summed E-state index contributed by atoms with van der Waals surface area (Å²) in [5.41, 5.74) is 3.68. The zero-order valence-electron chi connectivity index (χ0n) is 17.0. The van der Waals surface area contributed by atoms with Crippen molar-refractivity contribution in [1.82, 2.24) is 19.9 Å². The summed E-state index contributed by atoms with van der Waals surface area (Å²) in [5, 5.41) is 9.17. The number of aromatic nitrogens is 3. The Morgan fingerprint density at radius 1 is 1.20 bits per heavy atom. The van der Waals surface area contributed by atoms with E-state index >= 15 is 0 Å². The molecule has 4 heterocycles. The second-order valence-corrected chi connectivity index (χ2v) is 8.30. The molecule has 30 heavy (non-hydrogen) atoms. The summed E-state index contributed by atoms with van der Waals surface area (Å²) in [6.45, 7) is 4.64. The van der Waals surface area contributed by atoms with Crippen LogP contribution in [0.3, 0.4) is 0 Å². The van der Waals surface area contributed by atoms with E-state index in [4.69, 9.17) is 9.15 Å². The molecule has 5 rings (SSSR count). The molecule has 0 bridgehead atoms. The van der Waals surface area contributed by atoms with Crippen molar-refractivity contribution in [2.45, 2.75) is 6.42 Å². The maximum atomic E-state index is 6.22. The number of benzene rings is 1. The quantitative estimate of drug-likeness (QED) is 0.455. The molecule has 1 aromatic carbocycles. The SMILES string of the molecule is CSCCCOc1ccc2ncc(-c3cc4c(N5CCNCC5)cccc4o3)n2n1. The molecular weight excluding hydrogens is 398 g/mol. The maximum Gasteiger partial charge on any atom is 0.231 e. The highest BCUT2D eigenvalue weighted by atomic mass is 32.2. The molecule has 0 radical (unpaired) electrons. The predicted molar refractivity (Wildman–Crippen MR) is 122 cm³/mol. The lowest BCUT2D eigenvalue weighted by molar-refractivity contribution is 0.302. The molecular formula is C22H25N5O2S. The van der Waals surface area contributed by atoms with E-state index in [0.29, 0.717) is 12.5 Å². The van der Waals surface area contributed by atoms with E-state index in [0.717, 1.165) is 66.4 Å². The van der Waals surface area contributed by atoms with E-state index in [1.165, 1.54) is 5.69 Å². The minimum absolute atomic E-state index is 0.598. The Bertz CT molecular complexity index is 1150. The first-order valence-electron chi connectivity index (χ1n) is 10.3. The first-order chi connectivity index (χ1) is 14.8. The van der Waals surface area contributed by atoms with Crippen molar-refractivity contribution in [2.75, 3.05) is 49.7 Å². The van der Waals surface area contributed by atoms with Crippen LogP contribution in [0.1, 0.15) is 6.42 Å². The standard InChI is InChI=1S/C22H25N5O2S/c1-30-13-3-12-28-22-7-6-21-24-15-18(27(21)25-22)20-14-16-17(4-2-5-19(16)29-20)26-10-8-23-9-11-26/h2,4-7,14-15,23H,3,8-13H2,1H3. The second-order valence-electron chi connectivity index (χ2n) is 7.32. The minimum Gasteiger partial charge on any atom is -0.477 e. The van der Waals surface area contributed by atoms with Crippen LogP contribution in [0.2, 0.25) is 0 Å². The molecule has 0 unspecified atom stereocenters. The summed E-state index contributed by atoms with van der Waals surface area (Å²) in [7, 11) is 0. The number of ether oxygens (including phenoxy) is 1. The molecule has 8 heteroatoms. The van der Waals surface area contributed by atoms with Crippen LogP contribution in [0, 0.1) is 0 Å². The molecule has 1 saturated heterocycles. The van der Waals surface area contributed by atoms with Crippen molar-refractivity contribution < 1.29 is 9.15 Å². The van der Waals surface area contributed by atoms with Gasteiger partial charge in [-0.15, -0.1) is 5.10 Å². The zero-order valence-corrected chi connectivity index (χ0v) is 17.8. The smallest absolute Gasteiger partial charge is 0.231 e. The molecule has 0 amide bonds. The van der Waals surface area contributed by atoms with Crippen molar-refractivity contribution in [3.63, 3.8) is 0 Å². The van der Waals surface area contributed by atoms with Gasteiger partial charge < -0.3 is 19.4 Å². The van der Waals surface area contributed by atoms with Crippen LogP contribution in [0.4, 0.5) is 5.69 Å². The number of piperazine rings is 1. The summed E-state index contributed by atoms with van der Waals surface area (Å²) < 4.78 is 13.8. The highest BCUT2D eigenvalue weighted by molar-refractivity contribution is 7.98. The molecule has 0 saturated carbocycles. The number of fused-ring (bicyclic) bond motifs is 2. The van der Waals surface area contributed by atoms with E-state index in [9.17, 15) is 0 Å². The minimum atomic E-state index is 0.598. The summed E-state index contributed by atoms with van der Waals surface area (Å²) in [6.07, 6.45) is 4.90. The van der Waals surface area contributed by atoms with E-state index in [-0.39, 0.29) is 0 Å². The number of nitrogens with one attached hydrogen (secondary N) is 1. The molecule has 0 atom stereocenters. The first-order valence-corrected chi connectivity index (χ1v) is 11.7. The third kappa shape index (κ3) is 3.73. The molecule has 0 aliphatic carbocycles. The van der Waals surface area contributed by atoms with Crippen LogP contribution in [-0.4, -0.2) is 59.4 Å². The summed E-state index contributed by atoms with van der Waals surface area (Å²) >= 11 is 1.82. The molecule has 1 aliphatic heterocycles. The maximum absolute atomic E-state index is 6.22. The second kappa shape index (κ2) is 8.57. The van der Waals surface area contributed by atoms with Gasteiger partial charge in [0.15, 0.2) is 11.4 Å². The molecule has 0 spiro atoms. The van der Waals surface area contributed by atoms with Gasteiger partial charge in [0.2, 0.25) is 5.88 Å². The molecule has 7 nitrogen and oxygen atoms in total. The van der Waals surface area contributed by atoms with Crippen LogP contribution in [0.15, 0.2) is 47.0 Å². The van der Waals surface area contributed by atoms with E-state index < -0.39 is 0 Å². The van der Waals surface area contributed by atoms with Crippen molar-refractivity contribution >= 4 is 34.1 Å². The average molecular weight is 424 g/mol. The fourth-order valence-electron chi connectivity index (χ4n) is 3.83. The van der Waals surface area contributed by atoms with Crippen LogP contribution in [0.25, 0.3) is 28.1 Å². The third-order valence-electron chi connectivity index (χ3n) is 5.33. The third-order valence-corrected chi connectivity index (χ3v) is 6.03. The molecule has 156 valence electrons. The Hall–Kier alpha value is -2.71. The van der Waals surface area contributed by atoms with Gasteiger partial charge in [-0.05, 0) is 42.7 Å². The van der Waals surface area contributed by atoms with Crippen LogP contribution < -0.4 is 15.0 Å². The average Bonchev–Trinajstić information content (AvgIpc) is 3.40. The Labute approximate surface area is 179 Å². The van der Waals surface area contributed by atoms with Gasteiger partial charge in [-0.3, -0.25) is 0 Å². The van der Waals surface area contributed by atoms with Gasteiger partial charge in [-0.25, -0.2) is 9.50 Å². The van der Waals surface area contributed by atoms with Crippen molar-refractivity contribution in [2.24, 2.45) is 0 Å². The van der Waals surface area contributed by atoms with Crippen LogP contribution in [0.5, 0.6) is 5.88 Å². The number of nitrogens with zero attached hydrogens (tertiary/aromatic N) is 4. The van der Waals surface area contributed by atoms with E-state index in [1.807, 2.05) is 36.2 Å². The van der Waals surface area contributed by atoms with Crippen LogP contribution >= 0.6 is 11.8 Å².